The molecule has 3 aromatic carbocycles. The lowest BCUT2D eigenvalue weighted by atomic mass is 10.0. The molecule has 1 heterocycles. The molecule has 2 aliphatic rings. The van der Waals surface area contributed by atoms with Crippen LogP contribution >= 0.6 is 11.6 Å². The third-order valence-electron chi connectivity index (χ3n) is 7.30. The van der Waals surface area contributed by atoms with E-state index in [0.29, 0.717) is 30.2 Å². The Morgan fingerprint density at radius 2 is 1.61 bits per heavy atom. The van der Waals surface area contributed by atoms with Gasteiger partial charge in [-0.05, 0) is 60.2 Å². The van der Waals surface area contributed by atoms with E-state index >= 15 is 0 Å². The third-order valence-corrected chi connectivity index (χ3v) is 7.56. The molecular weight excluding hydrogens is 500 g/mol. The molecule has 6 nitrogen and oxygen atoms in total. The average molecular weight is 533 g/mol. The number of carbonyl (C=O) groups is 2. The van der Waals surface area contributed by atoms with Crippen molar-refractivity contribution in [1.29, 1.82) is 0 Å². The molecule has 0 radical (unpaired) electrons. The number of ether oxygens (including phenoxy) is 2. The van der Waals surface area contributed by atoms with Crippen molar-refractivity contribution in [2.45, 2.75) is 63.6 Å². The maximum Gasteiger partial charge on any atom is 0.243 e. The largest absolute Gasteiger partial charge is 0.454 e. The Kier molecular flexibility index (Phi) is 8.49. The Labute approximate surface area is 228 Å². The highest BCUT2D eigenvalue weighted by atomic mass is 35.5. The van der Waals surface area contributed by atoms with Gasteiger partial charge in [-0.15, -0.1) is 0 Å². The number of fused-ring (bicyclic) bond motifs is 1. The lowest BCUT2D eigenvalue weighted by Gasteiger charge is -2.32. The van der Waals surface area contributed by atoms with E-state index in [0.717, 1.165) is 48.1 Å². The minimum atomic E-state index is -0.627. The van der Waals surface area contributed by atoms with Crippen molar-refractivity contribution in [3.8, 4) is 11.5 Å². The summed E-state index contributed by atoms with van der Waals surface area (Å²) in [5, 5.41) is 3.88. The summed E-state index contributed by atoms with van der Waals surface area (Å²) in [6.45, 7) is 0.538. The molecule has 1 fully saturated rings. The molecule has 38 heavy (non-hydrogen) atoms. The molecular formula is C31H33ClN2O4. The number of aryl methyl sites for hydroxylation is 1. The number of halogens is 1. The standard InChI is InChI=1S/C31H33ClN2O4/c32-25-14-10-24(11-15-25)20-34(30(35)17-13-23-12-16-28-29(19-23)38-21-37-28)27(18-22-6-2-1-3-7-22)31(36)33-26-8-4-5-9-26/h1-3,6-7,10-12,14-16,19,26-27H,4-5,8-9,13,17-18,20-21H2,(H,33,36)/t27-/m1/s1. The number of amides is 2. The number of rotatable bonds is 10. The summed E-state index contributed by atoms with van der Waals surface area (Å²) in [7, 11) is 0. The first kappa shape index (κ1) is 26.1. The molecule has 0 aromatic heterocycles. The van der Waals surface area contributed by atoms with Crippen molar-refractivity contribution in [2.24, 2.45) is 0 Å². The molecule has 1 atom stereocenters. The Balaban J connectivity index is 1.39. The van der Waals surface area contributed by atoms with Gasteiger partial charge in [0.15, 0.2) is 11.5 Å². The molecule has 0 saturated heterocycles. The van der Waals surface area contributed by atoms with Gasteiger partial charge in [0.1, 0.15) is 6.04 Å². The van der Waals surface area contributed by atoms with E-state index in [1.54, 1.807) is 4.90 Å². The number of carbonyl (C=O) groups excluding carboxylic acids is 2. The second kappa shape index (κ2) is 12.4. The van der Waals surface area contributed by atoms with Crippen LogP contribution in [0.2, 0.25) is 5.02 Å². The van der Waals surface area contributed by atoms with Gasteiger partial charge in [0, 0.05) is 30.5 Å². The normalized spacial score (nSPS) is 15.3. The molecule has 5 rings (SSSR count). The van der Waals surface area contributed by atoms with Crippen LogP contribution in [0.1, 0.15) is 48.8 Å². The van der Waals surface area contributed by atoms with Crippen molar-refractivity contribution < 1.29 is 19.1 Å². The Morgan fingerprint density at radius 3 is 2.37 bits per heavy atom. The van der Waals surface area contributed by atoms with Crippen molar-refractivity contribution in [1.82, 2.24) is 10.2 Å². The maximum absolute atomic E-state index is 13.9. The van der Waals surface area contributed by atoms with E-state index < -0.39 is 6.04 Å². The molecule has 3 aromatic rings. The van der Waals surface area contributed by atoms with Crippen LogP contribution in [0.15, 0.2) is 72.8 Å². The van der Waals surface area contributed by atoms with E-state index in [-0.39, 0.29) is 31.1 Å². The zero-order chi connectivity index (χ0) is 26.3. The molecule has 198 valence electrons. The smallest absolute Gasteiger partial charge is 0.243 e. The molecule has 1 aliphatic carbocycles. The highest BCUT2D eigenvalue weighted by Crippen LogP contribution is 2.33. The minimum Gasteiger partial charge on any atom is -0.454 e. The number of nitrogens with zero attached hydrogens (tertiary/aromatic N) is 1. The first-order chi connectivity index (χ1) is 18.5. The van der Waals surface area contributed by atoms with E-state index in [1.807, 2.05) is 72.8 Å². The van der Waals surface area contributed by atoms with Gasteiger partial charge in [-0.2, -0.15) is 0 Å². The predicted octanol–water partition coefficient (Wildman–Crippen LogP) is 5.70. The van der Waals surface area contributed by atoms with Gasteiger partial charge in [0.2, 0.25) is 18.6 Å². The third kappa shape index (κ3) is 6.67. The van der Waals surface area contributed by atoms with Crippen LogP contribution in [0.5, 0.6) is 11.5 Å². The van der Waals surface area contributed by atoms with Crippen LogP contribution in [-0.4, -0.2) is 35.6 Å². The van der Waals surface area contributed by atoms with E-state index in [2.05, 4.69) is 5.32 Å². The van der Waals surface area contributed by atoms with Gasteiger partial charge in [-0.1, -0.05) is 73.0 Å². The monoisotopic (exact) mass is 532 g/mol. The maximum atomic E-state index is 13.9. The molecule has 1 aliphatic heterocycles. The van der Waals surface area contributed by atoms with Crippen LogP contribution in [0.25, 0.3) is 0 Å². The quantitative estimate of drug-likeness (QED) is 0.364. The van der Waals surface area contributed by atoms with Crippen molar-refractivity contribution in [2.75, 3.05) is 6.79 Å². The number of nitrogens with one attached hydrogen (secondary N) is 1. The molecule has 0 unspecified atom stereocenters. The first-order valence-corrected chi connectivity index (χ1v) is 13.7. The molecule has 0 bridgehead atoms. The van der Waals surface area contributed by atoms with Crippen LogP contribution in [-0.2, 0) is 29.0 Å². The van der Waals surface area contributed by atoms with Crippen molar-refractivity contribution in [3.05, 3.63) is 94.5 Å². The van der Waals surface area contributed by atoms with E-state index in [4.69, 9.17) is 21.1 Å². The van der Waals surface area contributed by atoms with E-state index in [1.165, 1.54) is 0 Å². The zero-order valence-corrected chi connectivity index (χ0v) is 22.2. The van der Waals surface area contributed by atoms with Gasteiger partial charge >= 0.3 is 0 Å². The van der Waals surface area contributed by atoms with Gasteiger partial charge < -0.3 is 19.7 Å². The summed E-state index contributed by atoms with van der Waals surface area (Å²) in [6.07, 6.45) is 5.47. The number of hydrogen-bond acceptors (Lipinski definition) is 4. The Hall–Kier alpha value is -3.51. The van der Waals surface area contributed by atoms with Gasteiger partial charge in [-0.25, -0.2) is 0 Å². The fourth-order valence-electron chi connectivity index (χ4n) is 5.20. The molecule has 1 saturated carbocycles. The summed E-state index contributed by atoms with van der Waals surface area (Å²) >= 11 is 6.12. The molecule has 7 heteroatoms. The lowest BCUT2D eigenvalue weighted by molar-refractivity contribution is -0.141. The van der Waals surface area contributed by atoms with Crippen LogP contribution < -0.4 is 14.8 Å². The SMILES string of the molecule is O=C(NC1CCCC1)[C@@H](Cc1ccccc1)N(Cc1ccc(Cl)cc1)C(=O)CCc1ccc2c(c1)OCO2. The highest BCUT2D eigenvalue weighted by Gasteiger charge is 2.32. The summed E-state index contributed by atoms with van der Waals surface area (Å²) < 4.78 is 10.9. The minimum absolute atomic E-state index is 0.0693. The zero-order valence-electron chi connectivity index (χ0n) is 21.4. The highest BCUT2D eigenvalue weighted by molar-refractivity contribution is 6.30. The van der Waals surface area contributed by atoms with E-state index in [9.17, 15) is 9.59 Å². The number of benzene rings is 3. The Bertz CT molecular complexity index is 1240. The fraction of sp³-hybridized carbons (Fsp3) is 0.355. The summed E-state index contributed by atoms with van der Waals surface area (Å²) in [4.78, 5) is 29.3. The average Bonchev–Trinajstić information content (AvgIpc) is 3.62. The predicted molar refractivity (Wildman–Crippen MR) is 147 cm³/mol. The van der Waals surface area contributed by atoms with Gasteiger partial charge in [0.05, 0.1) is 0 Å². The van der Waals surface area contributed by atoms with Crippen LogP contribution in [0, 0.1) is 0 Å². The van der Waals surface area contributed by atoms with Gasteiger partial charge in [-0.3, -0.25) is 9.59 Å². The molecule has 2 amide bonds. The topological polar surface area (TPSA) is 67.9 Å². The van der Waals surface area contributed by atoms with Crippen LogP contribution in [0.4, 0.5) is 0 Å². The number of hydrogen-bond donors (Lipinski definition) is 1. The van der Waals surface area contributed by atoms with Crippen molar-refractivity contribution in [3.63, 3.8) is 0 Å². The summed E-state index contributed by atoms with van der Waals surface area (Å²) in [5.74, 6) is 1.26. The molecule has 0 spiro atoms. The summed E-state index contributed by atoms with van der Waals surface area (Å²) in [6, 6.07) is 22.7. The lowest BCUT2D eigenvalue weighted by Crippen LogP contribution is -2.52. The second-order valence-electron chi connectivity index (χ2n) is 10.0. The second-order valence-corrected chi connectivity index (χ2v) is 10.5. The van der Waals surface area contributed by atoms with Crippen molar-refractivity contribution >= 4 is 23.4 Å². The first-order valence-electron chi connectivity index (χ1n) is 13.3. The van der Waals surface area contributed by atoms with Gasteiger partial charge in [0.25, 0.3) is 0 Å². The Morgan fingerprint density at radius 1 is 0.895 bits per heavy atom. The molecule has 1 N–H and O–H groups in total. The summed E-state index contributed by atoms with van der Waals surface area (Å²) in [5.41, 5.74) is 2.94. The fourth-order valence-corrected chi connectivity index (χ4v) is 5.33. The van der Waals surface area contributed by atoms with Crippen LogP contribution in [0.3, 0.4) is 0 Å².